The molecule has 1 fully saturated rings. The van der Waals surface area contributed by atoms with Crippen LogP contribution in [0.5, 0.6) is 0 Å². The van der Waals surface area contributed by atoms with E-state index in [0.29, 0.717) is 5.56 Å². The molecule has 2 unspecified atom stereocenters. The van der Waals surface area contributed by atoms with E-state index in [9.17, 15) is 19.8 Å². The van der Waals surface area contributed by atoms with Gasteiger partial charge in [-0.3, -0.25) is 9.59 Å². The molecule has 0 spiro atoms. The molecule has 2 atom stereocenters. The normalized spacial score (nSPS) is 24.8. The Kier molecular flexibility index (Phi) is 2.76. The lowest BCUT2D eigenvalue weighted by atomic mass is 10.2. The third kappa shape index (κ3) is 1.98. The lowest BCUT2D eigenvalue weighted by molar-refractivity contribution is 0.0572. The molecule has 6 heteroatoms. The zero-order valence-electron chi connectivity index (χ0n) is 8.46. The molecule has 0 aliphatic carbocycles. The average molecular weight is 224 g/mol. The topological polar surface area (TPSA) is 93.6 Å². The number of aromatic nitrogens is 1. The van der Waals surface area contributed by atoms with Crippen LogP contribution in [-0.4, -0.2) is 51.3 Å². The predicted octanol–water partition coefficient (Wildman–Crippen LogP) is -1.45. The molecule has 3 N–H and O–H groups in total. The minimum atomic E-state index is -0.897. The lowest BCUT2D eigenvalue weighted by Gasteiger charge is -2.14. The molecule has 1 amide bonds. The highest BCUT2D eigenvalue weighted by Gasteiger charge is 2.32. The molecule has 16 heavy (non-hydrogen) atoms. The fourth-order valence-corrected chi connectivity index (χ4v) is 1.66. The molecule has 1 aromatic rings. The maximum absolute atomic E-state index is 11.8. The van der Waals surface area contributed by atoms with Gasteiger partial charge in [0.05, 0.1) is 17.8 Å². The largest absolute Gasteiger partial charge is 0.388 e. The number of aliphatic hydroxyl groups is 2. The number of carbonyl (C=O) groups is 1. The Hall–Kier alpha value is -1.66. The van der Waals surface area contributed by atoms with Gasteiger partial charge in [-0.1, -0.05) is 0 Å². The minimum Gasteiger partial charge on any atom is -0.388 e. The predicted molar refractivity (Wildman–Crippen MR) is 55.0 cm³/mol. The van der Waals surface area contributed by atoms with Crippen LogP contribution in [0.1, 0.15) is 10.4 Å². The SMILES string of the molecule is O=C(c1ccc(=O)[nH]c1)N1CC(O)C(O)C1. The molecule has 0 aromatic carbocycles. The van der Waals surface area contributed by atoms with E-state index in [-0.39, 0.29) is 24.6 Å². The van der Waals surface area contributed by atoms with E-state index in [0.717, 1.165) is 0 Å². The molecule has 0 radical (unpaired) electrons. The van der Waals surface area contributed by atoms with Crippen molar-refractivity contribution in [3.8, 4) is 0 Å². The van der Waals surface area contributed by atoms with E-state index >= 15 is 0 Å². The molecule has 1 saturated heterocycles. The Bertz CT molecular complexity index is 426. The third-order valence-electron chi connectivity index (χ3n) is 2.58. The number of rotatable bonds is 1. The van der Waals surface area contributed by atoms with Crippen molar-refractivity contribution in [3.63, 3.8) is 0 Å². The first-order valence-electron chi connectivity index (χ1n) is 4.92. The number of aromatic amines is 1. The number of likely N-dealkylation sites (tertiary alicyclic amines) is 1. The summed E-state index contributed by atoms with van der Waals surface area (Å²) in [5.41, 5.74) is 0.0546. The highest BCUT2D eigenvalue weighted by molar-refractivity contribution is 5.94. The van der Waals surface area contributed by atoms with E-state index in [1.165, 1.54) is 23.2 Å². The fourth-order valence-electron chi connectivity index (χ4n) is 1.66. The van der Waals surface area contributed by atoms with Crippen LogP contribution < -0.4 is 5.56 Å². The van der Waals surface area contributed by atoms with Crippen LogP contribution in [0.15, 0.2) is 23.1 Å². The van der Waals surface area contributed by atoms with Gasteiger partial charge in [0, 0.05) is 25.4 Å². The summed E-state index contributed by atoms with van der Waals surface area (Å²) in [6.45, 7) is 0.220. The zero-order chi connectivity index (χ0) is 11.7. The minimum absolute atomic E-state index is 0.110. The van der Waals surface area contributed by atoms with Gasteiger partial charge in [-0.05, 0) is 6.07 Å². The second-order valence-electron chi connectivity index (χ2n) is 3.79. The van der Waals surface area contributed by atoms with Crippen molar-refractivity contribution < 1.29 is 15.0 Å². The van der Waals surface area contributed by atoms with Gasteiger partial charge in [0.1, 0.15) is 0 Å². The van der Waals surface area contributed by atoms with E-state index in [2.05, 4.69) is 4.98 Å². The summed E-state index contributed by atoms with van der Waals surface area (Å²) in [6, 6.07) is 2.68. The first-order chi connectivity index (χ1) is 7.58. The monoisotopic (exact) mass is 224 g/mol. The maximum atomic E-state index is 11.8. The number of pyridine rings is 1. The zero-order valence-corrected chi connectivity index (χ0v) is 8.46. The molecular weight excluding hydrogens is 212 g/mol. The number of hydrogen-bond acceptors (Lipinski definition) is 4. The van der Waals surface area contributed by atoms with Crippen LogP contribution in [0.25, 0.3) is 0 Å². The molecule has 1 aliphatic heterocycles. The summed E-state index contributed by atoms with van der Waals surface area (Å²) in [5, 5.41) is 18.6. The summed E-state index contributed by atoms with van der Waals surface area (Å²) >= 11 is 0. The molecule has 0 saturated carbocycles. The number of nitrogens with zero attached hydrogens (tertiary/aromatic N) is 1. The fraction of sp³-hybridized carbons (Fsp3) is 0.400. The van der Waals surface area contributed by atoms with Crippen molar-refractivity contribution in [2.24, 2.45) is 0 Å². The Morgan fingerprint density at radius 1 is 1.31 bits per heavy atom. The van der Waals surface area contributed by atoms with Crippen molar-refractivity contribution >= 4 is 5.91 Å². The summed E-state index contributed by atoms with van der Waals surface area (Å²) in [5.74, 6) is -0.313. The van der Waals surface area contributed by atoms with Crippen LogP contribution in [0, 0.1) is 0 Å². The first-order valence-corrected chi connectivity index (χ1v) is 4.92. The number of carbonyl (C=O) groups excluding carboxylic acids is 1. The number of nitrogens with one attached hydrogen (secondary N) is 1. The lowest BCUT2D eigenvalue weighted by Crippen LogP contribution is -2.30. The molecule has 6 nitrogen and oxygen atoms in total. The Morgan fingerprint density at radius 3 is 2.44 bits per heavy atom. The van der Waals surface area contributed by atoms with Crippen molar-refractivity contribution in [1.82, 2.24) is 9.88 Å². The Morgan fingerprint density at radius 2 is 1.94 bits per heavy atom. The average Bonchev–Trinajstić information content (AvgIpc) is 2.59. The van der Waals surface area contributed by atoms with Gasteiger partial charge in [-0.2, -0.15) is 0 Å². The van der Waals surface area contributed by atoms with Gasteiger partial charge in [-0.25, -0.2) is 0 Å². The van der Waals surface area contributed by atoms with Gasteiger partial charge in [0.25, 0.3) is 5.91 Å². The molecule has 2 rings (SSSR count). The van der Waals surface area contributed by atoms with Crippen LogP contribution in [0.3, 0.4) is 0 Å². The van der Waals surface area contributed by atoms with E-state index in [1.54, 1.807) is 0 Å². The summed E-state index contributed by atoms with van der Waals surface area (Å²) < 4.78 is 0. The van der Waals surface area contributed by atoms with E-state index < -0.39 is 12.2 Å². The summed E-state index contributed by atoms with van der Waals surface area (Å²) in [6.07, 6.45) is -0.472. The molecule has 0 bridgehead atoms. The van der Waals surface area contributed by atoms with Crippen LogP contribution >= 0.6 is 0 Å². The van der Waals surface area contributed by atoms with Gasteiger partial charge in [0.2, 0.25) is 5.56 Å². The van der Waals surface area contributed by atoms with E-state index in [1.807, 2.05) is 0 Å². The quantitative estimate of drug-likeness (QED) is 0.544. The number of aliphatic hydroxyl groups excluding tert-OH is 2. The maximum Gasteiger partial charge on any atom is 0.255 e. The number of amides is 1. The highest BCUT2D eigenvalue weighted by Crippen LogP contribution is 2.13. The number of β-amino-alcohol motifs (C(OH)–C–C–N with tert-alkyl or cyclic N) is 2. The third-order valence-corrected chi connectivity index (χ3v) is 2.58. The second kappa shape index (κ2) is 4.07. The van der Waals surface area contributed by atoms with Crippen LogP contribution in [-0.2, 0) is 0 Å². The van der Waals surface area contributed by atoms with Crippen molar-refractivity contribution in [2.75, 3.05) is 13.1 Å². The Labute approximate surface area is 91.1 Å². The van der Waals surface area contributed by atoms with Crippen molar-refractivity contribution in [3.05, 3.63) is 34.2 Å². The summed E-state index contributed by atoms with van der Waals surface area (Å²) in [7, 11) is 0. The van der Waals surface area contributed by atoms with Gasteiger partial charge >= 0.3 is 0 Å². The van der Waals surface area contributed by atoms with Crippen molar-refractivity contribution in [2.45, 2.75) is 12.2 Å². The van der Waals surface area contributed by atoms with E-state index in [4.69, 9.17) is 0 Å². The van der Waals surface area contributed by atoms with Gasteiger partial charge in [0.15, 0.2) is 0 Å². The van der Waals surface area contributed by atoms with Crippen LogP contribution in [0.4, 0.5) is 0 Å². The number of H-pyrrole nitrogens is 1. The first kappa shape index (κ1) is 10.8. The molecular formula is C10H12N2O4. The van der Waals surface area contributed by atoms with Crippen molar-refractivity contribution in [1.29, 1.82) is 0 Å². The van der Waals surface area contributed by atoms with Gasteiger partial charge < -0.3 is 20.1 Å². The standard InChI is InChI=1S/C10H12N2O4/c13-7-4-12(5-8(7)14)10(16)6-1-2-9(15)11-3-6/h1-3,7-8,13-14H,4-5H2,(H,11,15). The molecule has 86 valence electrons. The van der Waals surface area contributed by atoms with Crippen LogP contribution in [0.2, 0.25) is 0 Å². The second-order valence-corrected chi connectivity index (χ2v) is 3.79. The highest BCUT2D eigenvalue weighted by atomic mass is 16.3. The number of hydrogen-bond donors (Lipinski definition) is 3. The van der Waals surface area contributed by atoms with Gasteiger partial charge in [-0.15, -0.1) is 0 Å². The smallest absolute Gasteiger partial charge is 0.255 e. The molecule has 1 aliphatic rings. The molecule has 1 aromatic heterocycles. The molecule has 2 heterocycles. The summed E-state index contributed by atoms with van der Waals surface area (Å²) in [4.78, 5) is 26.4. The Balaban J connectivity index is 2.14.